The van der Waals surface area contributed by atoms with E-state index in [1.165, 1.54) is 0 Å². The molecule has 0 aromatic heterocycles. The average Bonchev–Trinajstić information content (AvgIpc) is 1.27. The van der Waals surface area contributed by atoms with Crippen molar-refractivity contribution in [3.63, 3.8) is 0 Å². The smallest absolute Gasteiger partial charge is 0.258 e. The quantitative estimate of drug-likeness (QED) is 0.252. The third-order valence-electron chi connectivity index (χ3n) is 0.172. The van der Waals surface area contributed by atoms with Gasteiger partial charge >= 0.3 is 5.49 Å². The number of nitrogens with zero attached hydrogens (tertiary/aromatic N) is 1. The summed E-state index contributed by atoms with van der Waals surface area (Å²) in [6, 6.07) is 0. The monoisotopic (exact) mass is 123 g/mol. The highest BCUT2D eigenvalue weighted by atomic mass is 32.2. The van der Waals surface area contributed by atoms with Crippen LogP contribution >= 0.6 is 0 Å². The summed E-state index contributed by atoms with van der Waals surface area (Å²) >= 11 is 0. The fraction of sp³-hybridized carbons (Fsp3) is 0. The second-order valence-corrected chi connectivity index (χ2v) is 1.38. The highest BCUT2D eigenvalue weighted by Gasteiger charge is 1.82. The second kappa shape index (κ2) is 2.30. The number of rotatable bonds is 1. The lowest BCUT2D eigenvalue weighted by Gasteiger charge is -1.64. The summed E-state index contributed by atoms with van der Waals surface area (Å²) in [4.78, 5) is 8.13. The van der Waals surface area contributed by atoms with E-state index in [0.717, 1.165) is 0 Å². The summed E-state index contributed by atoms with van der Waals surface area (Å²) in [6.07, 6.45) is 0. The zero-order chi connectivity index (χ0) is 5.86. The molecule has 0 bridgehead atoms. The molecule has 0 N–H and O–H groups in total. The van der Waals surface area contributed by atoms with Crippen molar-refractivity contribution in [2.24, 2.45) is 0 Å². The fourth-order valence-electron chi connectivity index (χ4n) is 0.0703. The van der Waals surface area contributed by atoms with Gasteiger partial charge in [0.1, 0.15) is 0 Å². The Balaban J connectivity index is 4.26. The molecule has 0 aliphatic carbocycles. The van der Waals surface area contributed by atoms with Crippen LogP contribution in [-0.2, 0) is 10.3 Å². The Morgan fingerprint density at radius 2 is 2.00 bits per heavy atom. The van der Waals surface area contributed by atoms with Crippen LogP contribution in [0.3, 0.4) is 0 Å². The van der Waals surface area contributed by atoms with Crippen molar-refractivity contribution in [1.82, 2.24) is 0 Å². The standard InChI is InChI=1S/CHNO4S/c3-2(4)1-7(5)6/h1H. The molecule has 0 aliphatic rings. The molecule has 7 heavy (non-hydrogen) atoms. The topological polar surface area (TPSA) is 77.3 Å². The van der Waals surface area contributed by atoms with Gasteiger partial charge in [0.15, 0.2) is 0 Å². The lowest BCUT2D eigenvalue weighted by molar-refractivity contribution is -0.334. The van der Waals surface area contributed by atoms with Crippen molar-refractivity contribution in [3.05, 3.63) is 10.1 Å². The molecule has 0 unspecified atom stereocenters. The molecular formula is CHNO4S. The number of hydrogen-bond acceptors (Lipinski definition) is 4. The molecule has 40 valence electrons. The molecule has 6 heteroatoms. The number of nitro groups is 1. The highest BCUT2D eigenvalue weighted by molar-refractivity contribution is 7.71. The Labute approximate surface area is 40.3 Å². The van der Waals surface area contributed by atoms with E-state index in [2.05, 4.69) is 0 Å². The van der Waals surface area contributed by atoms with Crippen molar-refractivity contribution in [2.45, 2.75) is 0 Å². The first kappa shape index (κ1) is 6.09. The Bertz CT molecular complexity index is 180. The first-order valence-corrected chi connectivity index (χ1v) is 2.33. The third kappa shape index (κ3) is 5.09. The van der Waals surface area contributed by atoms with Crippen LogP contribution in [-0.4, -0.2) is 18.8 Å². The molecule has 0 spiro atoms. The van der Waals surface area contributed by atoms with E-state index in [1.54, 1.807) is 0 Å². The minimum absolute atomic E-state index is 0.0278. The maximum Gasteiger partial charge on any atom is 0.351 e. The maximum atomic E-state index is 9.31. The summed E-state index contributed by atoms with van der Waals surface area (Å²) in [5.41, 5.74) is -0.0278. The van der Waals surface area contributed by atoms with Gasteiger partial charge in [-0.05, 0) is 0 Å². The molecule has 0 aromatic rings. The van der Waals surface area contributed by atoms with Crippen LogP contribution in [0, 0.1) is 10.1 Å². The molecule has 0 saturated heterocycles. The maximum absolute atomic E-state index is 9.31. The Morgan fingerprint density at radius 3 is 2.00 bits per heavy atom. The molecule has 5 nitrogen and oxygen atoms in total. The van der Waals surface area contributed by atoms with Crippen LogP contribution < -0.4 is 0 Å². The van der Waals surface area contributed by atoms with Gasteiger partial charge in [-0.25, -0.2) is 0 Å². The summed E-state index contributed by atoms with van der Waals surface area (Å²) in [5, 5.41) is 9.17. The van der Waals surface area contributed by atoms with E-state index in [1.807, 2.05) is 0 Å². The van der Waals surface area contributed by atoms with Crippen molar-refractivity contribution in [1.29, 1.82) is 0 Å². The van der Waals surface area contributed by atoms with Crippen LogP contribution in [0.5, 0.6) is 0 Å². The molecule has 0 aromatic carbocycles. The highest BCUT2D eigenvalue weighted by Crippen LogP contribution is 1.50. The van der Waals surface area contributed by atoms with Crippen molar-refractivity contribution in [2.75, 3.05) is 0 Å². The molecule has 0 rings (SSSR count). The van der Waals surface area contributed by atoms with E-state index in [4.69, 9.17) is 10.1 Å². The van der Waals surface area contributed by atoms with Gasteiger partial charge in [0.2, 0.25) is 0 Å². The van der Waals surface area contributed by atoms with E-state index in [0.29, 0.717) is 0 Å². The van der Waals surface area contributed by atoms with Gasteiger partial charge in [-0.1, -0.05) is 0 Å². The van der Waals surface area contributed by atoms with E-state index < -0.39 is 15.2 Å². The summed E-state index contributed by atoms with van der Waals surface area (Å²) in [6.45, 7) is 0. The average molecular weight is 123 g/mol. The van der Waals surface area contributed by atoms with Gasteiger partial charge in [0.25, 0.3) is 10.3 Å². The van der Waals surface area contributed by atoms with Crippen LogP contribution in [0.1, 0.15) is 0 Å². The van der Waals surface area contributed by atoms with Gasteiger partial charge < -0.3 is 0 Å². The molecule has 0 saturated carbocycles. The third-order valence-corrected chi connectivity index (χ3v) is 0.516. The molecule has 0 fully saturated rings. The summed E-state index contributed by atoms with van der Waals surface area (Å²) < 4.78 is 18.6. The van der Waals surface area contributed by atoms with Crippen LogP contribution in [0.4, 0.5) is 0 Å². The SMILES string of the molecule is O=[N+]([O-])C=S(=O)=O. The largest absolute Gasteiger partial charge is 0.351 e. The molecule has 0 heterocycles. The normalized spacial score (nSPS) is 7.43. The van der Waals surface area contributed by atoms with E-state index in [-0.39, 0.29) is 5.49 Å². The van der Waals surface area contributed by atoms with E-state index >= 15 is 0 Å². The van der Waals surface area contributed by atoms with Crippen molar-refractivity contribution in [3.8, 4) is 0 Å². The molecule has 0 aliphatic heterocycles. The first-order valence-electron chi connectivity index (χ1n) is 1.19. The summed E-state index contributed by atoms with van der Waals surface area (Å²) in [5.74, 6) is 0. The van der Waals surface area contributed by atoms with Gasteiger partial charge in [-0.15, -0.1) is 0 Å². The lowest BCUT2D eigenvalue weighted by atomic mass is 11.5. The fourth-order valence-corrected chi connectivity index (χ4v) is 0.211. The van der Waals surface area contributed by atoms with Crippen LogP contribution in [0.2, 0.25) is 0 Å². The Kier molecular flexibility index (Phi) is 2.00. The molecule has 0 amide bonds. The minimum Gasteiger partial charge on any atom is -0.258 e. The molecule has 0 atom stereocenters. The van der Waals surface area contributed by atoms with Crippen LogP contribution in [0.15, 0.2) is 0 Å². The van der Waals surface area contributed by atoms with Gasteiger partial charge in [0, 0.05) is 0 Å². The summed E-state index contributed by atoms with van der Waals surface area (Å²) in [7, 11) is -2.67. The van der Waals surface area contributed by atoms with Gasteiger partial charge in [-0.2, -0.15) is 8.42 Å². The van der Waals surface area contributed by atoms with E-state index in [9.17, 15) is 8.42 Å². The Morgan fingerprint density at radius 1 is 1.57 bits per heavy atom. The Hall–Kier alpha value is -0.910. The zero-order valence-corrected chi connectivity index (χ0v) is 3.88. The van der Waals surface area contributed by atoms with Crippen molar-refractivity contribution < 1.29 is 13.3 Å². The van der Waals surface area contributed by atoms with Gasteiger partial charge in [-0.3, -0.25) is 10.1 Å². The number of hydrogen-bond donors (Lipinski definition) is 0. The lowest BCUT2D eigenvalue weighted by Crippen LogP contribution is -1.91. The van der Waals surface area contributed by atoms with Crippen molar-refractivity contribution >= 4 is 15.8 Å². The predicted molar refractivity (Wildman–Crippen MR) is 22.0 cm³/mol. The van der Waals surface area contributed by atoms with Gasteiger partial charge in [0.05, 0.1) is 4.92 Å². The first-order chi connectivity index (χ1) is 3.13. The molecule has 0 radical (unpaired) electrons. The van der Waals surface area contributed by atoms with Crippen LogP contribution in [0.25, 0.3) is 0 Å². The second-order valence-electron chi connectivity index (χ2n) is 0.651. The molecular weight excluding hydrogens is 122 g/mol. The minimum atomic E-state index is -2.67. The zero-order valence-electron chi connectivity index (χ0n) is 3.07. The predicted octanol–water partition coefficient (Wildman–Crippen LogP) is -1.10.